The maximum atomic E-state index is 15.1. The Hall–Kier alpha value is -5.60. The number of carbonyl (C=O) groups excluding carboxylic acids is 3. The SMILES string of the molecule is CC(C)(O)c1cc2nn(C3CCC(N4CCN(CCc5cc(F)c([C@H]6CCC(=O)NC6=O)c(F)c5)C[C@@H]4CO)CC3)cc2cc1NC(=O)c1ccc2cc(C#N)cnn12. The van der Waals surface area contributed by atoms with E-state index in [-0.39, 0.29) is 48.8 Å². The minimum atomic E-state index is -1.28. The van der Waals surface area contributed by atoms with Gasteiger partial charge in [0.05, 0.1) is 47.0 Å². The zero-order chi connectivity index (χ0) is 41.6. The maximum Gasteiger partial charge on any atom is 0.274 e. The van der Waals surface area contributed by atoms with Crippen molar-refractivity contribution < 1.29 is 33.4 Å². The van der Waals surface area contributed by atoms with Gasteiger partial charge in [-0.25, -0.2) is 13.3 Å². The number of aliphatic hydroxyl groups is 2. The Labute approximate surface area is 339 Å². The van der Waals surface area contributed by atoms with Crippen LogP contribution in [0, 0.1) is 23.0 Å². The number of fused-ring (bicyclic) bond motifs is 2. The summed E-state index contributed by atoms with van der Waals surface area (Å²) in [5, 5.41) is 45.9. The molecule has 16 heteroatoms. The van der Waals surface area contributed by atoms with Gasteiger partial charge in [0.15, 0.2) is 0 Å². The molecular formula is C43H47F2N9O5. The van der Waals surface area contributed by atoms with Crippen molar-refractivity contribution in [1.82, 2.24) is 34.5 Å². The number of piperidine rings is 1. The van der Waals surface area contributed by atoms with Crippen molar-refractivity contribution in [3.63, 3.8) is 0 Å². The number of rotatable bonds is 10. The van der Waals surface area contributed by atoms with Gasteiger partial charge in [0, 0.05) is 73.1 Å². The third-order valence-electron chi connectivity index (χ3n) is 12.2. The lowest BCUT2D eigenvalue weighted by Gasteiger charge is -2.46. The molecule has 308 valence electrons. The van der Waals surface area contributed by atoms with E-state index < -0.39 is 40.9 Å². The second-order valence-corrected chi connectivity index (χ2v) is 16.6. The fourth-order valence-corrected chi connectivity index (χ4v) is 9.11. The highest BCUT2D eigenvalue weighted by Crippen LogP contribution is 2.37. The molecule has 3 amide bonds. The molecule has 4 N–H and O–H groups in total. The van der Waals surface area contributed by atoms with Gasteiger partial charge in [-0.1, -0.05) is 0 Å². The summed E-state index contributed by atoms with van der Waals surface area (Å²) in [7, 11) is 0. The summed E-state index contributed by atoms with van der Waals surface area (Å²) >= 11 is 0. The number of nitrogens with one attached hydrogen (secondary N) is 2. The zero-order valence-corrected chi connectivity index (χ0v) is 33.0. The van der Waals surface area contributed by atoms with E-state index in [1.54, 1.807) is 32.0 Å². The van der Waals surface area contributed by atoms with Gasteiger partial charge in [-0.3, -0.25) is 29.3 Å². The van der Waals surface area contributed by atoms with E-state index in [1.165, 1.54) is 22.8 Å². The highest BCUT2D eigenvalue weighted by atomic mass is 19.1. The highest BCUT2D eigenvalue weighted by molar-refractivity contribution is 6.05. The van der Waals surface area contributed by atoms with Gasteiger partial charge in [0.1, 0.15) is 23.4 Å². The van der Waals surface area contributed by atoms with E-state index in [0.29, 0.717) is 52.9 Å². The van der Waals surface area contributed by atoms with Crippen LogP contribution >= 0.6 is 0 Å². The predicted octanol–water partition coefficient (Wildman–Crippen LogP) is 4.54. The third-order valence-corrected chi connectivity index (χ3v) is 12.2. The van der Waals surface area contributed by atoms with E-state index in [4.69, 9.17) is 5.10 Å². The van der Waals surface area contributed by atoms with Gasteiger partial charge in [-0.05, 0) is 100 Å². The summed E-state index contributed by atoms with van der Waals surface area (Å²) in [6.07, 6.45) is 7.50. The molecule has 0 bridgehead atoms. The first-order valence-electron chi connectivity index (χ1n) is 20.1. The van der Waals surface area contributed by atoms with Gasteiger partial charge < -0.3 is 20.4 Å². The van der Waals surface area contributed by atoms with E-state index >= 15 is 8.78 Å². The summed E-state index contributed by atoms with van der Waals surface area (Å²) in [4.78, 5) is 41.9. The third kappa shape index (κ3) is 8.20. The Balaban J connectivity index is 0.885. The van der Waals surface area contributed by atoms with E-state index in [2.05, 4.69) is 31.6 Å². The Morgan fingerprint density at radius 1 is 1.03 bits per heavy atom. The number of piperazine rings is 1. The van der Waals surface area contributed by atoms with Gasteiger partial charge >= 0.3 is 0 Å². The Morgan fingerprint density at radius 3 is 2.47 bits per heavy atom. The molecule has 5 aromatic rings. The lowest BCUT2D eigenvalue weighted by Crippen LogP contribution is -2.58. The summed E-state index contributed by atoms with van der Waals surface area (Å²) in [6, 6.07) is 13.6. The Kier molecular flexibility index (Phi) is 11.0. The van der Waals surface area contributed by atoms with Crippen molar-refractivity contribution in [2.24, 2.45) is 0 Å². The first kappa shape index (κ1) is 40.2. The summed E-state index contributed by atoms with van der Waals surface area (Å²) < 4.78 is 33.7. The molecule has 3 fully saturated rings. The minimum absolute atomic E-state index is 0.00727. The van der Waals surface area contributed by atoms with Crippen molar-refractivity contribution >= 4 is 39.8 Å². The number of hydrogen-bond acceptors (Lipinski definition) is 10. The molecule has 3 aliphatic rings. The lowest BCUT2D eigenvalue weighted by atomic mass is 9.88. The van der Waals surface area contributed by atoms with Crippen LogP contribution in [-0.2, 0) is 21.6 Å². The zero-order valence-electron chi connectivity index (χ0n) is 33.0. The first-order valence-corrected chi connectivity index (χ1v) is 20.1. The van der Waals surface area contributed by atoms with Crippen LogP contribution < -0.4 is 10.6 Å². The molecule has 8 rings (SSSR count). The normalized spacial score (nSPS) is 22.1. The van der Waals surface area contributed by atoms with Crippen molar-refractivity contribution in [3.05, 3.63) is 94.4 Å². The van der Waals surface area contributed by atoms with E-state index in [9.17, 15) is 29.9 Å². The molecule has 5 heterocycles. The molecule has 2 saturated heterocycles. The molecule has 59 heavy (non-hydrogen) atoms. The standard InChI is InChI=1S/C43H47F2N9O5/c1-43(2,59)33-19-36-27(18-37(33)48-42(58)38-9-7-30-15-26(20-46)21-47-54(30)38)22-53(50-36)29-5-3-28(4-6-29)52-14-13-51(23-31(52)24-55)12-11-25-16-34(44)40(35(45)17-25)32-8-10-39(56)49-41(32)57/h7,9,15-19,21-22,28-29,31-32,55,59H,3-6,8,10-14,23-24H2,1-2H3,(H,48,58)(H,49,56,57)/t28?,29?,31-,32-/m1/s1. The average molecular weight is 808 g/mol. The second-order valence-electron chi connectivity index (χ2n) is 16.6. The topological polar surface area (TPSA) is 181 Å². The molecular weight excluding hydrogens is 761 g/mol. The number of amides is 3. The number of anilines is 1. The van der Waals surface area contributed by atoms with Gasteiger partial charge in [0.25, 0.3) is 5.91 Å². The number of carbonyl (C=O) groups is 3. The van der Waals surface area contributed by atoms with Crippen LogP contribution in [0.2, 0.25) is 0 Å². The van der Waals surface area contributed by atoms with Gasteiger partial charge in [0.2, 0.25) is 11.8 Å². The number of benzene rings is 2. The quantitative estimate of drug-likeness (QED) is 0.146. The largest absolute Gasteiger partial charge is 0.395 e. The highest BCUT2D eigenvalue weighted by Gasteiger charge is 2.36. The van der Waals surface area contributed by atoms with Crippen LogP contribution in [0.1, 0.15) is 97.1 Å². The van der Waals surface area contributed by atoms with Crippen LogP contribution in [0.25, 0.3) is 16.4 Å². The number of halogens is 2. The molecule has 14 nitrogen and oxygen atoms in total. The molecule has 2 aromatic carbocycles. The van der Waals surface area contributed by atoms with Crippen LogP contribution in [0.4, 0.5) is 14.5 Å². The van der Waals surface area contributed by atoms with Crippen molar-refractivity contribution in [3.8, 4) is 6.07 Å². The lowest BCUT2D eigenvalue weighted by molar-refractivity contribution is -0.134. The molecule has 3 aromatic heterocycles. The molecule has 0 radical (unpaired) electrons. The number of aromatic nitrogens is 4. The molecule has 1 saturated carbocycles. The van der Waals surface area contributed by atoms with Crippen LogP contribution in [0.5, 0.6) is 0 Å². The molecule has 2 aliphatic heterocycles. The summed E-state index contributed by atoms with van der Waals surface area (Å²) in [5.41, 5.74) is 1.87. The number of nitriles is 1. The first-order chi connectivity index (χ1) is 28.3. The predicted molar refractivity (Wildman–Crippen MR) is 213 cm³/mol. The van der Waals surface area contributed by atoms with Crippen molar-refractivity contribution in [2.75, 3.05) is 38.1 Å². The smallest absolute Gasteiger partial charge is 0.274 e. The fraction of sp³-hybridized carbons (Fsp3) is 0.442. The number of aliphatic hydroxyl groups excluding tert-OH is 1. The number of imide groups is 1. The minimum Gasteiger partial charge on any atom is -0.395 e. The molecule has 1 aliphatic carbocycles. The second kappa shape index (κ2) is 16.2. The summed E-state index contributed by atoms with van der Waals surface area (Å²) in [5.74, 6) is -4.13. The summed E-state index contributed by atoms with van der Waals surface area (Å²) in [6.45, 7) is 6.01. The number of nitrogens with zero attached hydrogens (tertiary/aromatic N) is 7. The van der Waals surface area contributed by atoms with Crippen LogP contribution in [-0.4, -0.2) is 102 Å². The number of hydrogen-bond donors (Lipinski definition) is 4. The van der Waals surface area contributed by atoms with Crippen molar-refractivity contribution in [2.45, 2.75) is 88.4 Å². The van der Waals surface area contributed by atoms with E-state index in [1.807, 2.05) is 23.0 Å². The Bertz CT molecular complexity index is 2460. The van der Waals surface area contributed by atoms with Gasteiger partial charge in [-0.15, -0.1) is 0 Å². The maximum absolute atomic E-state index is 15.1. The fourth-order valence-electron chi connectivity index (χ4n) is 9.11. The average Bonchev–Trinajstić information content (AvgIpc) is 3.84. The molecule has 0 unspecified atom stereocenters. The van der Waals surface area contributed by atoms with Crippen molar-refractivity contribution in [1.29, 1.82) is 5.26 Å². The van der Waals surface area contributed by atoms with Crippen LogP contribution in [0.3, 0.4) is 0 Å². The van der Waals surface area contributed by atoms with Gasteiger partial charge in [-0.2, -0.15) is 15.5 Å². The molecule has 0 spiro atoms. The Morgan fingerprint density at radius 2 is 1.78 bits per heavy atom. The monoisotopic (exact) mass is 807 g/mol. The van der Waals surface area contributed by atoms with E-state index in [0.717, 1.165) is 44.2 Å². The van der Waals surface area contributed by atoms with Crippen LogP contribution in [0.15, 0.2) is 54.9 Å². The molecule has 2 atom stereocenters.